The minimum atomic E-state index is -0.539. The highest BCUT2D eigenvalue weighted by atomic mass is 16.5. The number of pyridine rings is 1. The number of hydrogen-bond donors (Lipinski definition) is 2. The summed E-state index contributed by atoms with van der Waals surface area (Å²) in [5.41, 5.74) is 7.30. The van der Waals surface area contributed by atoms with Gasteiger partial charge in [0.1, 0.15) is 17.4 Å². The lowest BCUT2D eigenvalue weighted by Crippen LogP contribution is -2.59. The Morgan fingerprint density at radius 1 is 1.27 bits per heavy atom. The van der Waals surface area contributed by atoms with E-state index in [0.29, 0.717) is 17.1 Å². The number of carbonyl (C=O) groups is 2. The number of primary amides is 1. The fourth-order valence-electron chi connectivity index (χ4n) is 4.55. The number of rotatable bonds is 5. The molecule has 0 aromatic carbocycles. The molecule has 2 aromatic heterocycles. The first-order valence-electron chi connectivity index (χ1n) is 10.3. The van der Waals surface area contributed by atoms with E-state index in [1.54, 1.807) is 30.1 Å². The highest BCUT2D eigenvalue weighted by Crippen LogP contribution is 2.56. The van der Waals surface area contributed by atoms with E-state index in [1.165, 1.54) is 0 Å². The SMILES string of the molecule is Cn1nc(C(C)(C)C)cc1C(=O)NC1CC2(C1)CC(Oc1ncccc1C(N)=O)C2. The maximum absolute atomic E-state index is 12.7. The lowest BCUT2D eigenvalue weighted by atomic mass is 9.53. The monoisotopic (exact) mass is 411 g/mol. The van der Waals surface area contributed by atoms with E-state index < -0.39 is 5.91 Å². The molecule has 0 aliphatic heterocycles. The highest BCUT2D eigenvalue weighted by molar-refractivity contribution is 5.95. The highest BCUT2D eigenvalue weighted by Gasteiger charge is 2.54. The van der Waals surface area contributed by atoms with E-state index in [2.05, 4.69) is 36.2 Å². The van der Waals surface area contributed by atoms with Crippen LogP contribution >= 0.6 is 0 Å². The van der Waals surface area contributed by atoms with E-state index in [0.717, 1.165) is 31.4 Å². The summed E-state index contributed by atoms with van der Waals surface area (Å²) in [6.45, 7) is 6.25. The van der Waals surface area contributed by atoms with Gasteiger partial charge in [-0.2, -0.15) is 5.10 Å². The van der Waals surface area contributed by atoms with Crippen LogP contribution in [0.2, 0.25) is 0 Å². The summed E-state index contributed by atoms with van der Waals surface area (Å²) < 4.78 is 7.55. The molecular weight excluding hydrogens is 382 g/mol. The Balaban J connectivity index is 1.28. The molecule has 0 radical (unpaired) electrons. The summed E-state index contributed by atoms with van der Waals surface area (Å²) in [6.07, 6.45) is 5.29. The standard InChI is InChI=1S/C22H29N5O3/c1-21(2,3)17-8-16(27(4)26-17)19(29)25-13-9-22(10-13)11-14(12-22)30-20-15(18(23)28)6-5-7-24-20/h5-8,13-14H,9-12H2,1-4H3,(H2,23,28)(H,25,29). The summed E-state index contributed by atoms with van der Waals surface area (Å²) in [5, 5.41) is 7.62. The lowest BCUT2D eigenvalue weighted by Gasteiger charge is -2.57. The molecule has 3 N–H and O–H groups in total. The molecule has 2 saturated carbocycles. The molecule has 2 aromatic rings. The molecule has 8 heteroatoms. The molecule has 30 heavy (non-hydrogen) atoms. The molecule has 1 spiro atoms. The third kappa shape index (κ3) is 3.78. The van der Waals surface area contributed by atoms with Crippen molar-refractivity contribution in [1.82, 2.24) is 20.1 Å². The van der Waals surface area contributed by atoms with Crippen LogP contribution in [-0.4, -0.2) is 38.7 Å². The molecule has 2 heterocycles. The van der Waals surface area contributed by atoms with Crippen molar-refractivity contribution in [2.75, 3.05) is 0 Å². The van der Waals surface area contributed by atoms with Crippen LogP contribution in [0.15, 0.2) is 24.4 Å². The number of hydrogen-bond acceptors (Lipinski definition) is 5. The second-order valence-corrected chi connectivity index (χ2v) is 9.74. The number of nitrogens with zero attached hydrogens (tertiary/aromatic N) is 3. The second kappa shape index (κ2) is 7.11. The molecule has 8 nitrogen and oxygen atoms in total. The Labute approximate surface area is 176 Å². The number of ether oxygens (including phenoxy) is 1. The number of aromatic nitrogens is 3. The summed E-state index contributed by atoms with van der Waals surface area (Å²) in [7, 11) is 1.80. The predicted molar refractivity (Wildman–Crippen MR) is 111 cm³/mol. The van der Waals surface area contributed by atoms with Gasteiger partial charge in [-0.25, -0.2) is 4.98 Å². The summed E-state index contributed by atoms with van der Waals surface area (Å²) in [4.78, 5) is 28.3. The quantitative estimate of drug-likeness (QED) is 0.784. The first kappa shape index (κ1) is 20.4. The largest absolute Gasteiger partial charge is 0.474 e. The predicted octanol–water partition coefficient (Wildman–Crippen LogP) is 2.33. The number of aryl methyl sites for hydroxylation is 1. The third-order valence-electron chi connectivity index (χ3n) is 6.21. The molecule has 4 rings (SSSR count). The Hall–Kier alpha value is -2.90. The first-order valence-corrected chi connectivity index (χ1v) is 10.3. The van der Waals surface area contributed by atoms with Gasteiger partial charge in [-0.1, -0.05) is 20.8 Å². The van der Waals surface area contributed by atoms with Crippen LogP contribution in [0.5, 0.6) is 5.88 Å². The fourth-order valence-corrected chi connectivity index (χ4v) is 4.55. The van der Waals surface area contributed by atoms with Gasteiger partial charge in [0.15, 0.2) is 0 Å². The molecule has 0 saturated heterocycles. The third-order valence-corrected chi connectivity index (χ3v) is 6.21. The van der Waals surface area contributed by atoms with Crippen LogP contribution in [0.25, 0.3) is 0 Å². The average molecular weight is 412 g/mol. The van der Waals surface area contributed by atoms with Crippen molar-refractivity contribution in [3.63, 3.8) is 0 Å². The van der Waals surface area contributed by atoms with Gasteiger partial charge < -0.3 is 15.8 Å². The van der Waals surface area contributed by atoms with E-state index in [-0.39, 0.29) is 28.9 Å². The van der Waals surface area contributed by atoms with Crippen molar-refractivity contribution < 1.29 is 14.3 Å². The van der Waals surface area contributed by atoms with E-state index in [1.807, 2.05) is 6.07 Å². The molecule has 0 unspecified atom stereocenters. The van der Waals surface area contributed by atoms with E-state index in [9.17, 15) is 9.59 Å². The molecule has 160 valence electrons. The van der Waals surface area contributed by atoms with Crippen LogP contribution in [0.3, 0.4) is 0 Å². The number of carbonyl (C=O) groups excluding carboxylic acids is 2. The van der Waals surface area contributed by atoms with Crippen LogP contribution < -0.4 is 15.8 Å². The van der Waals surface area contributed by atoms with Gasteiger partial charge in [-0.05, 0) is 49.3 Å². The van der Waals surface area contributed by atoms with Gasteiger partial charge in [0, 0.05) is 24.7 Å². The Bertz CT molecular complexity index is 977. The minimum Gasteiger partial charge on any atom is -0.474 e. The summed E-state index contributed by atoms with van der Waals surface area (Å²) in [6, 6.07) is 5.33. The molecule has 2 aliphatic rings. The fraction of sp³-hybridized carbons (Fsp3) is 0.545. The zero-order valence-corrected chi connectivity index (χ0v) is 17.9. The second-order valence-electron chi connectivity index (χ2n) is 9.74. The zero-order valence-electron chi connectivity index (χ0n) is 17.9. The Morgan fingerprint density at radius 3 is 2.57 bits per heavy atom. The number of nitrogens with two attached hydrogens (primary N) is 1. The van der Waals surface area contributed by atoms with Gasteiger partial charge >= 0.3 is 0 Å². The molecular formula is C22H29N5O3. The zero-order chi connectivity index (χ0) is 21.7. The van der Waals surface area contributed by atoms with Gasteiger partial charge in [-0.15, -0.1) is 0 Å². The molecule has 2 fully saturated rings. The summed E-state index contributed by atoms with van der Waals surface area (Å²) >= 11 is 0. The molecule has 2 aliphatic carbocycles. The molecule has 0 bridgehead atoms. The number of nitrogens with one attached hydrogen (secondary N) is 1. The maximum Gasteiger partial charge on any atom is 0.269 e. The van der Waals surface area contributed by atoms with Crippen LogP contribution in [0, 0.1) is 5.41 Å². The van der Waals surface area contributed by atoms with Crippen molar-refractivity contribution >= 4 is 11.8 Å². The molecule has 2 amide bonds. The van der Waals surface area contributed by atoms with Gasteiger partial charge in [0.2, 0.25) is 5.88 Å². The lowest BCUT2D eigenvalue weighted by molar-refractivity contribution is -0.0848. The smallest absolute Gasteiger partial charge is 0.269 e. The van der Waals surface area contributed by atoms with Crippen molar-refractivity contribution in [3.05, 3.63) is 41.3 Å². The van der Waals surface area contributed by atoms with Crippen molar-refractivity contribution in [2.24, 2.45) is 18.2 Å². The van der Waals surface area contributed by atoms with Crippen LogP contribution in [0.1, 0.15) is 73.0 Å². The Kier molecular flexibility index (Phi) is 4.83. The van der Waals surface area contributed by atoms with Crippen LogP contribution in [-0.2, 0) is 12.5 Å². The summed E-state index contributed by atoms with van der Waals surface area (Å²) in [5.74, 6) is -0.310. The van der Waals surface area contributed by atoms with Crippen molar-refractivity contribution in [1.29, 1.82) is 0 Å². The minimum absolute atomic E-state index is 0.0288. The van der Waals surface area contributed by atoms with Crippen molar-refractivity contribution in [2.45, 2.75) is 64.0 Å². The Morgan fingerprint density at radius 2 is 1.97 bits per heavy atom. The van der Waals surface area contributed by atoms with E-state index in [4.69, 9.17) is 10.5 Å². The maximum atomic E-state index is 12.7. The van der Waals surface area contributed by atoms with E-state index >= 15 is 0 Å². The average Bonchev–Trinajstić information content (AvgIpc) is 3.00. The topological polar surface area (TPSA) is 112 Å². The molecule has 0 atom stereocenters. The van der Waals surface area contributed by atoms with Gasteiger partial charge in [0.05, 0.1) is 5.69 Å². The first-order chi connectivity index (χ1) is 14.1. The van der Waals surface area contributed by atoms with Crippen molar-refractivity contribution in [3.8, 4) is 5.88 Å². The van der Waals surface area contributed by atoms with Gasteiger partial charge in [-0.3, -0.25) is 14.3 Å². The van der Waals surface area contributed by atoms with Crippen LogP contribution in [0.4, 0.5) is 0 Å². The van der Waals surface area contributed by atoms with Gasteiger partial charge in [0.25, 0.3) is 11.8 Å². The number of amides is 2. The normalized spacial score (nSPS) is 25.3.